The summed E-state index contributed by atoms with van der Waals surface area (Å²) >= 11 is 0. The summed E-state index contributed by atoms with van der Waals surface area (Å²) in [5.74, 6) is 2.26. The fourth-order valence-corrected chi connectivity index (χ4v) is 3.98. The van der Waals surface area contributed by atoms with Gasteiger partial charge < -0.3 is 10.6 Å². The summed E-state index contributed by atoms with van der Waals surface area (Å²) < 4.78 is 0. The Labute approximate surface area is 124 Å². The lowest BCUT2D eigenvalue weighted by Gasteiger charge is -2.42. The molecule has 2 fully saturated rings. The van der Waals surface area contributed by atoms with Gasteiger partial charge in [0.2, 0.25) is 5.91 Å². The molecule has 2 rings (SSSR count). The zero-order valence-electron chi connectivity index (χ0n) is 13.3. The van der Waals surface area contributed by atoms with E-state index in [2.05, 4.69) is 11.8 Å². The van der Waals surface area contributed by atoms with Gasteiger partial charge in [-0.25, -0.2) is 0 Å². The largest absolute Gasteiger partial charge is 0.342 e. The Morgan fingerprint density at radius 1 is 1.15 bits per heavy atom. The third kappa shape index (κ3) is 4.21. The number of likely N-dealkylation sites (tertiary alicyclic amines) is 1. The van der Waals surface area contributed by atoms with E-state index in [4.69, 9.17) is 5.73 Å². The Kier molecular flexibility index (Phi) is 5.88. The van der Waals surface area contributed by atoms with Gasteiger partial charge in [0, 0.05) is 25.0 Å². The van der Waals surface area contributed by atoms with Crippen LogP contribution in [0.4, 0.5) is 0 Å². The van der Waals surface area contributed by atoms with E-state index in [-0.39, 0.29) is 12.0 Å². The molecule has 1 aliphatic heterocycles. The third-order valence-electron chi connectivity index (χ3n) is 5.32. The number of carbonyl (C=O) groups is 1. The van der Waals surface area contributed by atoms with Crippen molar-refractivity contribution in [1.82, 2.24) is 4.90 Å². The Morgan fingerprint density at radius 2 is 1.85 bits per heavy atom. The quantitative estimate of drug-likeness (QED) is 0.840. The molecule has 116 valence electrons. The van der Waals surface area contributed by atoms with Crippen LogP contribution in [0.3, 0.4) is 0 Å². The second-order valence-corrected chi connectivity index (χ2v) is 7.19. The maximum absolute atomic E-state index is 12.5. The number of rotatable bonds is 5. The second kappa shape index (κ2) is 7.44. The molecule has 1 saturated carbocycles. The molecule has 1 amide bonds. The topological polar surface area (TPSA) is 46.3 Å². The van der Waals surface area contributed by atoms with Crippen LogP contribution in [-0.2, 0) is 4.79 Å². The van der Waals surface area contributed by atoms with Crippen molar-refractivity contribution in [3.8, 4) is 0 Å². The first-order valence-electron chi connectivity index (χ1n) is 8.62. The minimum absolute atomic E-state index is 0.175. The first-order chi connectivity index (χ1) is 9.58. The van der Waals surface area contributed by atoms with E-state index < -0.39 is 0 Å². The number of hydrogen-bond donors (Lipinski definition) is 1. The number of hydrogen-bond acceptors (Lipinski definition) is 2. The summed E-state index contributed by atoms with van der Waals surface area (Å²) in [4.78, 5) is 14.7. The highest BCUT2D eigenvalue weighted by atomic mass is 16.2. The van der Waals surface area contributed by atoms with Crippen LogP contribution in [0.15, 0.2) is 0 Å². The number of fused-ring (bicyclic) bond motifs is 1. The molecule has 0 aromatic heterocycles. The Bertz CT molecular complexity index is 316. The van der Waals surface area contributed by atoms with Gasteiger partial charge in [0.15, 0.2) is 0 Å². The molecule has 4 atom stereocenters. The van der Waals surface area contributed by atoms with Crippen molar-refractivity contribution in [3.05, 3.63) is 0 Å². The molecule has 2 N–H and O–H groups in total. The van der Waals surface area contributed by atoms with Crippen molar-refractivity contribution < 1.29 is 4.79 Å². The van der Waals surface area contributed by atoms with Crippen LogP contribution in [0, 0.1) is 17.8 Å². The van der Waals surface area contributed by atoms with E-state index in [9.17, 15) is 4.79 Å². The van der Waals surface area contributed by atoms with Gasteiger partial charge in [-0.3, -0.25) is 4.79 Å². The van der Waals surface area contributed by atoms with Gasteiger partial charge in [0.25, 0.3) is 0 Å². The average molecular weight is 280 g/mol. The lowest BCUT2D eigenvalue weighted by molar-refractivity contribution is -0.138. The van der Waals surface area contributed by atoms with Gasteiger partial charge in [0.05, 0.1) is 0 Å². The fraction of sp³-hybridized carbons (Fsp3) is 0.941. The van der Waals surface area contributed by atoms with Crippen molar-refractivity contribution in [2.75, 3.05) is 13.1 Å². The predicted molar refractivity (Wildman–Crippen MR) is 83.3 cm³/mol. The molecule has 3 heteroatoms. The third-order valence-corrected chi connectivity index (χ3v) is 5.32. The molecule has 1 aliphatic carbocycles. The molecule has 0 radical (unpaired) electrons. The predicted octanol–water partition coefficient (Wildman–Crippen LogP) is 3.18. The van der Waals surface area contributed by atoms with Crippen LogP contribution in [0.25, 0.3) is 0 Å². The van der Waals surface area contributed by atoms with Crippen molar-refractivity contribution in [3.63, 3.8) is 0 Å². The fourth-order valence-electron chi connectivity index (χ4n) is 3.98. The van der Waals surface area contributed by atoms with Crippen molar-refractivity contribution in [2.24, 2.45) is 23.5 Å². The van der Waals surface area contributed by atoms with E-state index in [0.29, 0.717) is 5.91 Å². The maximum Gasteiger partial charge on any atom is 0.225 e. The highest BCUT2D eigenvalue weighted by molar-refractivity contribution is 5.78. The minimum Gasteiger partial charge on any atom is -0.342 e. The van der Waals surface area contributed by atoms with Crippen molar-refractivity contribution >= 4 is 5.91 Å². The van der Waals surface area contributed by atoms with E-state index in [1.165, 1.54) is 32.1 Å². The maximum atomic E-state index is 12.5. The monoisotopic (exact) mass is 280 g/mol. The van der Waals surface area contributed by atoms with Gasteiger partial charge in [0.1, 0.15) is 0 Å². The molecule has 0 bridgehead atoms. The number of nitrogens with two attached hydrogens (primary N) is 1. The molecule has 1 saturated heterocycles. The summed E-state index contributed by atoms with van der Waals surface area (Å²) in [6.45, 7) is 6.16. The van der Waals surface area contributed by atoms with Crippen molar-refractivity contribution in [1.29, 1.82) is 0 Å². The first-order valence-corrected chi connectivity index (χ1v) is 8.62. The zero-order chi connectivity index (χ0) is 14.5. The minimum atomic E-state index is 0.175. The van der Waals surface area contributed by atoms with Crippen LogP contribution in [0.1, 0.15) is 65.2 Å². The summed E-state index contributed by atoms with van der Waals surface area (Å²) in [5.41, 5.74) is 5.78. The molecule has 20 heavy (non-hydrogen) atoms. The SMILES string of the molecule is CC(N)CCCC(C)C(=O)N1CCC2CCCCC2C1. The number of amides is 1. The number of piperidine rings is 1. The molecule has 1 heterocycles. The highest BCUT2D eigenvalue weighted by Gasteiger charge is 2.33. The molecule has 0 aromatic carbocycles. The van der Waals surface area contributed by atoms with E-state index in [1.54, 1.807) is 0 Å². The summed E-state index contributed by atoms with van der Waals surface area (Å²) in [6, 6.07) is 0.260. The molecule has 0 spiro atoms. The van der Waals surface area contributed by atoms with E-state index >= 15 is 0 Å². The van der Waals surface area contributed by atoms with Crippen LogP contribution in [-0.4, -0.2) is 29.9 Å². The average Bonchev–Trinajstić information content (AvgIpc) is 2.45. The van der Waals surface area contributed by atoms with Gasteiger partial charge in [-0.15, -0.1) is 0 Å². The second-order valence-electron chi connectivity index (χ2n) is 7.19. The number of nitrogens with zero attached hydrogens (tertiary/aromatic N) is 1. The van der Waals surface area contributed by atoms with E-state index in [0.717, 1.165) is 44.2 Å². The molecule has 0 aromatic rings. The van der Waals surface area contributed by atoms with Gasteiger partial charge in [-0.1, -0.05) is 32.6 Å². The molecule has 2 aliphatic rings. The standard InChI is InChI=1S/C17H32N2O/c1-13(6-5-7-14(2)18)17(20)19-11-10-15-8-3-4-9-16(15)12-19/h13-16H,3-12,18H2,1-2H3. The Balaban J connectivity index is 1.77. The highest BCUT2D eigenvalue weighted by Crippen LogP contribution is 2.36. The molecular formula is C17H32N2O. The number of carbonyl (C=O) groups excluding carboxylic acids is 1. The van der Waals surface area contributed by atoms with Gasteiger partial charge in [-0.05, 0) is 44.4 Å². The molecule has 3 nitrogen and oxygen atoms in total. The zero-order valence-corrected chi connectivity index (χ0v) is 13.3. The van der Waals surface area contributed by atoms with Crippen molar-refractivity contribution in [2.45, 2.75) is 71.3 Å². The van der Waals surface area contributed by atoms with Crippen LogP contribution in [0.2, 0.25) is 0 Å². The summed E-state index contributed by atoms with van der Waals surface area (Å²) in [7, 11) is 0. The lowest BCUT2D eigenvalue weighted by atomic mass is 9.75. The summed E-state index contributed by atoms with van der Waals surface area (Å²) in [6.07, 6.45) is 9.85. The van der Waals surface area contributed by atoms with Crippen LogP contribution < -0.4 is 5.73 Å². The summed E-state index contributed by atoms with van der Waals surface area (Å²) in [5, 5.41) is 0. The molecule has 4 unspecified atom stereocenters. The van der Waals surface area contributed by atoms with Crippen LogP contribution in [0.5, 0.6) is 0 Å². The normalized spacial score (nSPS) is 29.6. The Hall–Kier alpha value is -0.570. The molecular weight excluding hydrogens is 248 g/mol. The smallest absolute Gasteiger partial charge is 0.225 e. The van der Waals surface area contributed by atoms with Gasteiger partial charge >= 0.3 is 0 Å². The van der Waals surface area contributed by atoms with E-state index in [1.807, 2.05) is 6.92 Å². The lowest BCUT2D eigenvalue weighted by Crippen LogP contribution is -2.46. The Morgan fingerprint density at radius 3 is 2.55 bits per heavy atom. The first kappa shape index (κ1) is 15.8. The van der Waals surface area contributed by atoms with Gasteiger partial charge in [-0.2, -0.15) is 0 Å². The van der Waals surface area contributed by atoms with Crippen LogP contribution >= 0.6 is 0 Å².